The largest absolute Gasteiger partial charge is 0.497 e. The Balaban J connectivity index is 1.93. The molecule has 2 N–H and O–H groups in total. The predicted octanol–water partition coefficient (Wildman–Crippen LogP) is 6.05. The fourth-order valence-electron chi connectivity index (χ4n) is 4.88. The fourth-order valence-corrected chi connectivity index (χ4v) is 4.88. The Kier molecular flexibility index (Phi) is 14.9. The Morgan fingerprint density at radius 1 is 0.850 bits per heavy atom. The molecule has 0 heterocycles. The van der Waals surface area contributed by atoms with Crippen molar-refractivity contribution in [1.29, 1.82) is 0 Å². The van der Waals surface area contributed by atoms with Gasteiger partial charge in [-0.1, -0.05) is 45.9 Å². The van der Waals surface area contributed by atoms with E-state index in [0.29, 0.717) is 44.4 Å². The first-order valence-electron chi connectivity index (χ1n) is 14.6. The number of hydrogen-bond acceptors (Lipinski definition) is 6. The Morgan fingerprint density at radius 2 is 1.55 bits per heavy atom. The van der Waals surface area contributed by atoms with Crippen LogP contribution in [0.3, 0.4) is 0 Å². The number of carbonyl (C=O) groups excluding carboxylic acids is 1. The van der Waals surface area contributed by atoms with Crippen LogP contribution in [0.2, 0.25) is 0 Å². The zero-order valence-electron chi connectivity index (χ0n) is 25.6. The molecule has 1 amide bonds. The molecule has 224 valence electrons. The van der Waals surface area contributed by atoms with Crippen LogP contribution in [0.5, 0.6) is 17.2 Å². The Morgan fingerprint density at radius 3 is 2.15 bits per heavy atom. The van der Waals surface area contributed by atoms with E-state index in [4.69, 9.17) is 18.9 Å². The molecule has 0 aliphatic rings. The van der Waals surface area contributed by atoms with Crippen LogP contribution in [0, 0.1) is 23.7 Å². The van der Waals surface area contributed by atoms with E-state index in [9.17, 15) is 9.90 Å². The normalized spacial score (nSPS) is 13.7. The van der Waals surface area contributed by atoms with Gasteiger partial charge in [0.05, 0.1) is 26.9 Å². The number of nitrogens with one attached hydrogen (secondary N) is 1. The summed E-state index contributed by atoms with van der Waals surface area (Å²) in [5.74, 6) is 2.98. The zero-order chi connectivity index (χ0) is 29.5. The molecule has 0 saturated heterocycles. The monoisotopic (exact) mass is 557 g/mol. The topological polar surface area (TPSA) is 86.2 Å². The van der Waals surface area contributed by atoms with Crippen molar-refractivity contribution in [1.82, 2.24) is 5.32 Å². The van der Waals surface area contributed by atoms with Gasteiger partial charge >= 0.3 is 0 Å². The number of methoxy groups -OCH3 is 3. The maximum atomic E-state index is 13.0. The van der Waals surface area contributed by atoms with Crippen LogP contribution in [-0.4, -0.2) is 51.7 Å². The van der Waals surface area contributed by atoms with Crippen molar-refractivity contribution in [2.24, 2.45) is 23.7 Å². The molecule has 0 fully saturated rings. The molecule has 0 saturated carbocycles. The highest BCUT2D eigenvalue weighted by Crippen LogP contribution is 2.32. The summed E-state index contributed by atoms with van der Waals surface area (Å²) in [6.45, 7) is 10.2. The van der Waals surface area contributed by atoms with Gasteiger partial charge in [-0.05, 0) is 78.8 Å². The standard InChI is InChI=1S/C33H51NO6/c1-23(2)27(19-26-11-16-31(39-7)32(20-26)40-18-8-17-37-5)12-13-28(35)21-30(24(3)4)33(36)34-22-25-9-14-29(38-6)15-10-25/h9-11,14-16,20,23-24,27-28,30,35H,8,12-13,17-19,21-22H2,1-7H3,(H,34,36)/t27-,28-,30+/m1/s1. The van der Waals surface area contributed by atoms with E-state index in [1.807, 2.05) is 44.2 Å². The van der Waals surface area contributed by atoms with Gasteiger partial charge in [-0.2, -0.15) is 0 Å². The maximum absolute atomic E-state index is 13.0. The average molecular weight is 558 g/mol. The van der Waals surface area contributed by atoms with Crippen molar-refractivity contribution in [3.05, 3.63) is 53.6 Å². The first-order chi connectivity index (χ1) is 19.2. The quantitative estimate of drug-likeness (QED) is 0.204. The van der Waals surface area contributed by atoms with Crippen molar-refractivity contribution in [2.45, 2.75) is 72.4 Å². The molecule has 2 rings (SSSR count). The van der Waals surface area contributed by atoms with Crippen molar-refractivity contribution in [2.75, 3.05) is 34.5 Å². The third kappa shape index (κ3) is 11.4. The molecule has 2 aromatic rings. The van der Waals surface area contributed by atoms with Crippen molar-refractivity contribution >= 4 is 5.91 Å². The first kappa shape index (κ1) is 33.4. The van der Waals surface area contributed by atoms with Crippen LogP contribution < -0.4 is 19.5 Å². The first-order valence-corrected chi connectivity index (χ1v) is 14.6. The maximum Gasteiger partial charge on any atom is 0.223 e. The van der Waals surface area contributed by atoms with Gasteiger partial charge in [-0.15, -0.1) is 0 Å². The lowest BCUT2D eigenvalue weighted by molar-refractivity contribution is -0.127. The molecule has 0 bridgehead atoms. The van der Waals surface area contributed by atoms with Gasteiger partial charge in [0.2, 0.25) is 5.91 Å². The highest BCUT2D eigenvalue weighted by molar-refractivity contribution is 5.78. The number of aliphatic hydroxyl groups is 1. The highest BCUT2D eigenvalue weighted by atomic mass is 16.5. The third-order valence-electron chi connectivity index (χ3n) is 7.58. The summed E-state index contributed by atoms with van der Waals surface area (Å²) in [6, 6.07) is 13.8. The zero-order valence-corrected chi connectivity index (χ0v) is 25.6. The van der Waals surface area contributed by atoms with Gasteiger partial charge < -0.3 is 29.4 Å². The smallest absolute Gasteiger partial charge is 0.223 e. The summed E-state index contributed by atoms with van der Waals surface area (Å²) in [7, 11) is 4.97. The minimum absolute atomic E-state index is 0.0125. The molecular formula is C33H51NO6. The SMILES string of the molecule is COCCCOc1cc(C[C@@H](CC[C@@H](O)C[C@H](C(=O)NCc2ccc(OC)cc2)C(C)C)C(C)C)ccc1OC. The van der Waals surface area contributed by atoms with Crippen LogP contribution in [0.4, 0.5) is 0 Å². The highest BCUT2D eigenvalue weighted by Gasteiger charge is 2.26. The van der Waals surface area contributed by atoms with Crippen LogP contribution >= 0.6 is 0 Å². The molecule has 0 aliphatic carbocycles. The predicted molar refractivity (Wildman–Crippen MR) is 160 cm³/mol. The third-order valence-corrected chi connectivity index (χ3v) is 7.58. The van der Waals surface area contributed by atoms with E-state index >= 15 is 0 Å². The molecule has 7 heteroatoms. The summed E-state index contributed by atoms with van der Waals surface area (Å²) in [5, 5.41) is 14.0. The van der Waals surface area contributed by atoms with Crippen molar-refractivity contribution in [3.63, 3.8) is 0 Å². The number of amides is 1. The van der Waals surface area contributed by atoms with Gasteiger partial charge in [0, 0.05) is 32.6 Å². The van der Waals surface area contributed by atoms with E-state index in [1.54, 1.807) is 21.3 Å². The molecule has 0 unspecified atom stereocenters. The van der Waals surface area contributed by atoms with E-state index < -0.39 is 6.10 Å². The second-order valence-corrected chi connectivity index (χ2v) is 11.3. The number of aliphatic hydroxyl groups excluding tert-OH is 1. The number of carbonyl (C=O) groups is 1. The number of hydrogen-bond donors (Lipinski definition) is 2. The van der Waals surface area contributed by atoms with E-state index in [0.717, 1.165) is 42.1 Å². The summed E-state index contributed by atoms with van der Waals surface area (Å²) in [4.78, 5) is 13.0. The van der Waals surface area contributed by atoms with Gasteiger partial charge in [-0.3, -0.25) is 4.79 Å². The second-order valence-electron chi connectivity index (χ2n) is 11.3. The molecule has 7 nitrogen and oxygen atoms in total. The number of rotatable bonds is 19. The van der Waals surface area contributed by atoms with Crippen LogP contribution in [0.15, 0.2) is 42.5 Å². The number of benzene rings is 2. The van der Waals surface area contributed by atoms with Gasteiger partial charge in [0.25, 0.3) is 0 Å². The second kappa shape index (κ2) is 17.8. The van der Waals surface area contributed by atoms with Gasteiger partial charge in [0.1, 0.15) is 5.75 Å². The molecule has 3 atom stereocenters. The Bertz CT molecular complexity index is 991. The molecule has 2 aromatic carbocycles. The molecule has 40 heavy (non-hydrogen) atoms. The minimum atomic E-state index is -0.532. The molecule has 0 radical (unpaired) electrons. The van der Waals surface area contributed by atoms with E-state index in [-0.39, 0.29) is 17.7 Å². The molecule has 0 aliphatic heterocycles. The van der Waals surface area contributed by atoms with Crippen molar-refractivity contribution in [3.8, 4) is 17.2 Å². The van der Waals surface area contributed by atoms with Gasteiger partial charge in [0.15, 0.2) is 11.5 Å². The Hall–Kier alpha value is -2.77. The average Bonchev–Trinajstić information content (AvgIpc) is 2.95. The molecular weight excluding hydrogens is 506 g/mol. The lowest BCUT2D eigenvalue weighted by atomic mass is 9.82. The van der Waals surface area contributed by atoms with Crippen LogP contribution in [-0.2, 0) is 22.5 Å². The lowest BCUT2D eigenvalue weighted by Gasteiger charge is -2.26. The van der Waals surface area contributed by atoms with Gasteiger partial charge in [-0.25, -0.2) is 0 Å². The summed E-state index contributed by atoms with van der Waals surface area (Å²) < 4.78 is 21.8. The minimum Gasteiger partial charge on any atom is -0.497 e. The fraction of sp³-hybridized carbons (Fsp3) is 0.606. The van der Waals surface area contributed by atoms with E-state index in [2.05, 4.69) is 31.3 Å². The summed E-state index contributed by atoms with van der Waals surface area (Å²) in [6.07, 6.45) is 3.17. The van der Waals surface area contributed by atoms with Crippen LogP contribution in [0.25, 0.3) is 0 Å². The molecule has 0 spiro atoms. The Labute approximate surface area is 241 Å². The summed E-state index contributed by atoms with van der Waals surface area (Å²) in [5.41, 5.74) is 2.20. The lowest BCUT2D eigenvalue weighted by Crippen LogP contribution is -2.35. The van der Waals surface area contributed by atoms with Crippen LogP contribution in [0.1, 0.15) is 64.5 Å². The summed E-state index contributed by atoms with van der Waals surface area (Å²) >= 11 is 0. The molecule has 0 aromatic heterocycles. The number of ether oxygens (including phenoxy) is 4. The van der Waals surface area contributed by atoms with Crippen molar-refractivity contribution < 1.29 is 28.8 Å². The van der Waals surface area contributed by atoms with E-state index in [1.165, 1.54) is 5.56 Å².